The number of hydrogen-bond donors (Lipinski definition) is 1. The molecule has 118 valence electrons. The number of carbonyl (C=O) groups excluding carboxylic acids is 1. The van der Waals surface area contributed by atoms with E-state index in [1.807, 2.05) is 12.3 Å². The molecule has 1 N–H and O–H groups in total. The summed E-state index contributed by atoms with van der Waals surface area (Å²) in [5, 5.41) is 6.21. The minimum Gasteiger partial charge on any atom is -0.378 e. The Morgan fingerprint density at radius 2 is 2.33 bits per heavy atom. The highest BCUT2D eigenvalue weighted by Crippen LogP contribution is 2.25. The highest BCUT2D eigenvalue weighted by Gasteiger charge is 2.22. The molecule has 1 aromatic rings. The van der Waals surface area contributed by atoms with Gasteiger partial charge < -0.3 is 10.1 Å². The van der Waals surface area contributed by atoms with Crippen LogP contribution in [0.3, 0.4) is 0 Å². The molecule has 2 rings (SSSR count). The Hall–Kier alpha value is -0.940. The summed E-state index contributed by atoms with van der Waals surface area (Å²) in [6, 6.07) is 0.0276. The van der Waals surface area contributed by atoms with Crippen LogP contribution in [0.2, 0.25) is 0 Å². The summed E-state index contributed by atoms with van der Waals surface area (Å²) in [7, 11) is 0. The second-order valence-electron chi connectivity index (χ2n) is 6.27. The fraction of sp³-hybridized carbons (Fsp3) is 0.750. The van der Waals surface area contributed by atoms with Crippen LogP contribution in [-0.2, 0) is 9.53 Å². The van der Waals surface area contributed by atoms with E-state index in [9.17, 15) is 4.79 Å². The minimum atomic E-state index is 0.0276. The molecule has 2 heterocycles. The highest BCUT2D eigenvalue weighted by molar-refractivity contribution is 7.09. The van der Waals surface area contributed by atoms with E-state index in [1.54, 1.807) is 11.3 Å². The lowest BCUT2D eigenvalue weighted by Crippen LogP contribution is -2.33. The van der Waals surface area contributed by atoms with Gasteiger partial charge in [-0.2, -0.15) is 0 Å². The van der Waals surface area contributed by atoms with E-state index in [2.05, 4.69) is 24.1 Å². The molecule has 0 spiro atoms. The molecule has 4 nitrogen and oxygen atoms in total. The van der Waals surface area contributed by atoms with Gasteiger partial charge in [0, 0.05) is 17.7 Å². The second-order valence-corrected chi connectivity index (χ2v) is 7.16. The monoisotopic (exact) mass is 310 g/mol. The van der Waals surface area contributed by atoms with Gasteiger partial charge in [-0.15, -0.1) is 11.3 Å². The lowest BCUT2D eigenvalue weighted by molar-refractivity contribution is -0.125. The summed E-state index contributed by atoms with van der Waals surface area (Å²) in [6.07, 6.45) is 4.77. The highest BCUT2D eigenvalue weighted by atomic mass is 32.1. The van der Waals surface area contributed by atoms with E-state index in [-0.39, 0.29) is 18.1 Å². The molecule has 1 aromatic heterocycles. The summed E-state index contributed by atoms with van der Waals surface area (Å²) >= 11 is 1.63. The molecule has 0 radical (unpaired) electrons. The zero-order chi connectivity index (χ0) is 15.2. The summed E-state index contributed by atoms with van der Waals surface area (Å²) < 4.78 is 5.65. The van der Waals surface area contributed by atoms with Gasteiger partial charge in [0.05, 0.1) is 18.6 Å². The van der Waals surface area contributed by atoms with E-state index in [1.165, 1.54) is 6.42 Å². The minimum absolute atomic E-state index is 0.0276. The Kier molecular flexibility index (Phi) is 6.18. The molecule has 2 atom stereocenters. The van der Waals surface area contributed by atoms with Crippen molar-refractivity contribution < 1.29 is 9.53 Å². The van der Waals surface area contributed by atoms with E-state index in [0.717, 1.165) is 36.6 Å². The maximum Gasteiger partial charge on any atom is 0.223 e. The van der Waals surface area contributed by atoms with Gasteiger partial charge in [0.1, 0.15) is 5.01 Å². The number of thiazole rings is 1. The first kappa shape index (κ1) is 16.4. The van der Waals surface area contributed by atoms with Crippen LogP contribution in [0.25, 0.3) is 0 Å². The van der Waals surface area contributed by atoms with Gasteiger partial charge in [0.25, 0.3) is 0 Å². The normalized spacial score (nSPS) is 20.5. The van der Waals surface area contributed by atoms with Crippen molar-refractivity contribution in [1.29, 1.82) is 0 Å². The van der Waals surface area contributed by atoms with Crippen LogP contribution in [0.4, 0.5) is 0 Å². The van der Waals surface area contributed by atoms with E-state index < -0.39 is 0 Å². The SMILES string of the molecule is Cc1csc(C(CC(C)C)NC(=O)CC2CCCCO2)n1. The molecule has 2 unspecified atom stereocenters. The van der Waals surface area contributed by atoms with E-state index >= 15 is 0 Å². The second kappa shape index (κ2) is 7.90. The van der Waals surface area contributed by atoms with Crippen LogP contribution in [0, 0.1) is 12.8 Å². The number of hydrogen-bond acceptors (Lipinski definition) is 4. The van der Waals surface area contributed by atoms with Gasteiger partial charge in [-0.1, -0.05) is 13.8 Å². The van der Waals surface area contributed by atoms with Crippen LogP contribution in [-0.4, -0.2) is 23.6 Å². The van der Waals surface area contributed by atoms with Gasteiger partial charge in [0.2, 0.25) is 5.91 Å². The third kappa shape index (κ3) is 5.40. The first-order chi connectivity index (χ1) is 10.0. The quantitative estimate of drug-likeness (QED) is 0.873. The maximum atomic E-state index is 12.3. The average Bonchev–Trinajstić information content (AvgIpc) is 2.85. The van der Waals surface area contributed by atoms with Crippen molar-refractivity contribution >= 4 is 17.2 Å². The Bertz CT molecular complexity index is 453. The fourth-order valence-electron chi connectivity index (χ4n) is 2.65. The molecule has 1 saturated heterocycles. The molecule has 1 amide bonds. The summed E-state index contributed by atoms with van der Waals surface area (Å²) in [6.45, 7) is 7.12. The summed E-state index contributed by atoms with van der Waals surface area (Å²) in [5.41, 5.74) is 1.02. The lowest BCUT2D eigenvalue weighted by atomic mass is 10.0. The first-order valence-corrected chi connectivity index (χ1v) is 8.75. The molecule has 1 aliphatic rings. The fourth-order valence-corrected chi connectivity index (χ4v) is 3.51. The molecule has 1 aliphatic heterocycles. The molecule has 0 aliphatic carbocycles. The standard InChI is InChI=1S/C16H26N2O2S/c1-11(2)8-14(16-17-12(3)10-21-16)18-15(19)9-13-6-4-5-7-20-13/h10-11,13-14H,4-9H2,1-3H3,(H,18,19). The average molecular weight is 310 g/mol. The summed E-state index contributed by atoms with van der Waals surface area (Å²) in [5.74, 6) is 0.603. The molecular weight excluding hydrogens is 284 g/mol. The maximum absolute atomic E-state index is 12.3. The Balaban J connectivity index is 1.92. The van der Waals surface area contributed by atoms with Gasteiger partial charge in [-0.25, -0.2) is 4.98 Å². The van der Waals surface area contributed by atoms with Crippen LogP contribution in [0.15, 0.2) is 5.38 Å². The van der Waals surface area contributed by atoms with Crippen LogP contribution in [0.5, 0.6) is 0 Å². The van der Waals surface area contributed by atoms with Crippen molar-refractivity contribution in [3.63, 3.8) is 0 Å². The molecule has 0 saturated carbocycles. The Morgan fingerprint density at radius 1 is 1.52 bits per heavy atom. The molecule has 0 bridgehead atoms. The van der Waals surface area contributed by atoms with Gasteiger partial charge in [-0.05, 0) is 38.5 Å². The van der Waals surface area contributed by atoms with E-state index in [4.69, 9.17) is 4.74 Å². The Labute approximate surface area is 131 Å². The number of aryl methyl sites for hydroxylation is 1. The largest absolute Gasteiger partial charge is 0.378 e. The van der Waals surface area contributed by atoms with Crippen molar-refractivity contribution in [3.8, 4) is 0 Å². The van der Waals surface area contributed by atoms with Crippen LogP contribution >= 0.6 is 11.3 Å². The van der Waals surface area contributed by atoms with Gasteiger partial charge in [0.15, 0.2) is 0 Å². The molecule has 1 fully saturated rings. The third-order valence-corrected chi connectivity index (χ3v) is 4.74. The molecule has 0 aromatic carbocycles. The van der Waals surface area contributed by atoms with E-state index in [0.29, 0.717) is 12.3 Å². The number of aromatic nitrogens is 1. The molecule has 5 heteroatoms. The number of amides is 1. The topological polar surface area (TPSA) is 51.2 Å². The molecular formula is C16H26N2O2S. The number of nitrogens with one attached hydrogen (secondary N) is 1. The summed E-state index contributed by atoms with van der Waals surface area (Å²) in [4.78, 5) is 16.8. The predicted molar refractivity (Wildman–Crippen MR) is 85.4 cm³/mol. The van der Waals surface area contributed by atoms with Gasteiger partial charge >= 0.3 is 0 Å². The van der Waals surface area contributed by atoms with Crippen LogP contribution in [0.1, 0.15) is 62.7 Å². The third-order valence-electron chi connectivity index (χ3n) is 3.66. The lowest BCUT2D eigenvalue weighted by Gasteiger charge is -2.24. The first-order valence-electron chi connectivity index (χ1n) is 7.87. The number of nitrogens with zero attached hydrogens (tertiary/aromatic N) is 1. The van der Waals surface area contributed by atoms with Gasteiger partial charge in [-0.3, -0.25) is 4.79 Å². The van der Waals surface area contributed by atoms with Crippen molar-refractivity contribution in [3.05, 3.63) is 16.1 Å². The van der Waals surface area contributed by atoms with Crippen molar-refractivity contribution in [2.24, 2.45) is 5.92 Å². The molecule has 21 heavy (non-hydrogen) atoms. The van der Waals surface area contributed by atoms with Crippen molar-refractivity contribution in [2.75, 3.05) is 6.61 Å². The number of ether oxygens (including phenoxy) is 1. The predicted octanol–water partition coefficient (Wildman–Crippen LogP) is 3.61. The van der Waals surface area contributed by atoms with Crippen LogP contribution < -0.4 is 5.32 Å². The zero-order valence-electron chi connectivity index (χ0n) is 13.2. The number of carbonyl (C=O) groups is 1. The smallest absolute Gasteiger partial charge is 0.223 e. The van der Waals surface area contributed by atoms with Crippen molar-refractivity contribution in [1.82, 2.24) is 10.3 Å². The Morgan fingerprint density at radius 3 is 2.90 bits per heavy atom. The van der Waals surface area contributed by atoms with Crippen molar-refractivity contribution in [2.45, 2.75) is 65.0 Å². The number of rotatable bonds is 6. The zero-order valence-corrected chi connectivity index (χ0v) is 14.0.